The number of anilines is 1. The Labute approximate surface area is 109 Å². The topological polar surface area (TPSA) is 46.2 Å². The second-order valence-corrected chi connectivity index (χ2v) is 4.78. The van der Waals surface area contributed by atoms with Crippen molar-refractivity contribution in [3.05, 3.63) is 18.2 Å². The minimum Gasteiger partial charge on any atom is -0.497 e. The lowest BCUT2D eigenvalue weighted by atomic mass is 10.3. The lowest BCUT2D eigenvalue weighted by molar-refractivity contribution is 0.415. The van der Waals surface area contributed by atoms with Crippen molar-refractivity contribution in [1.29, 1.82) is 0 Å². The molecule has 0 aliphatic heterocycles. The quantitative estimate of drug-likeness (QED) is 0.837. The Hall–Kier alpha value is -1.40. The van der Waals surface area contributed by atoms with Crippen molar-refractivity contribution in [2.24, 2.45) is 0 Å². The molecule has 1 aromatic heterocycles. The van der Waals surface area contributed by atoms with Gasteiger partial charge in [-0.05, 0) is 37.3 Å². The highest BCUT2D eigenvalue weighted by Gasteiger charge is 2.05. The number of benzene rings is 1. The molecule has 1 aromatic carbocycles. The second kappa shape index (κ2) is 5.29. The van der Waals surface area contributed by atoms with E-state index in [0.29, 0.717) is 5.11 Å². The minimum absolute atomic E-state index is 0.596. The van der Waals surface area contributed by atoms with Crippen molar-refractivity contribution in [1.82, 2.24) is 10.3 Å². The number of hydrogen-bond donors (Lipinski definition) is 2. The molecule has 6 heteroatoms. The maximum absolute atomic E-state index is 5.17. The number of ether oxygens (including phenoxy) is 1. The number of rotatable bonds is 3. The third kappa shape index (κ3) is 2.83. The highest BCUT2D eigenvalue weighted by molar-refractivity contribution is 7.80. The Morgan fingerprint density at radius 1 is 1.53 bits per heavy atom. The van der Waals surface area contributed by atoms with Gasteiger partial charge in [-0.1, -0.05) is 11.3 Å². The Balaban J connectivity index is 2.22. The van der Waals surface area contributed by atoms with Crippen LogP contribution in [0.2, 0.25) is 0 Å². The van der Waals surface area contributed by atoms with Gasteiger partial charge in [0.05, 0.1) is 17.3 Å². The zero-order chi connectivity index (χ0) is 12.3. The first-order valence-electron chi connectivity index (χ1n) is 5.22. The van der Waals surface area contributed by atoms with Gasteiger partial charge in [0.1, 0.15) is 5.75 Å². The average Bonchev–Trinajstić information content (AvgIpc) is 2.69. The van der Waals surface area contributed by atoms with Crippen LogP contribution in [-0.4, -0.2) is 23.8 Å². The number of fused-ring (bicyclic) bond motifs is 1. The fourth-order valence-corrected chi connectivity index (χ4v) is 2.59. The van der Waals surface area contributed by atoms with Crippen LogP contribution in [0.1, 0.15) is 6.92 Å². The molecule has 1 heterocycles. The maximum atomic E-state index is 5.17. The maximum Gasteiger partial charge on any atom is 0.190 e. The minimum atomic E-state index is 0.596. The summed E-state index contributed by atoms with van der Waals surface area (Å²) in [6.07, 6.45) is 0. The molecule has 2 N–H and O–H groups in total. The van der Waals surface area contributed by atoms with E-state index in [9.17, 15) is 0 Å². The van der Waals surface area contributed by atoms with Crippen molar-refractivity contribution in [3.63, 3.8) is 0 Å². The monoisotopic (exact) mass is 267 g/mol. The molecule has 0 aliphatic carbocycles. The van der Waals surface area contributed by atoms with E-state index < -0.39 is 0 Å². The van der Waals surface area contributed by atoms with E-state index in [-0.39, 0.29) is 0 Å². The van der Waals surface area contributed by atoms with Crippen LogP contribution in [0, 0.1) is 0 Å². The molecule has 0 fully saturated rings. The number of aromatic nitrogens is 1. The van der Waals surface area contributed by atoms with Crippen LogP contribution in [0.25, 0.3) is 10.2 Å². The van der Waals surface area contributed by atoms with Gasteiger partial charge in [-0.2, -0.15) is 0 Å². The van der Waals surface area contributed by atoms with E-state index in [2.05, 4.69) is 15.6 Å². The highest BCUT2D eigenvalue weighted by Crippen LogP contribution is 2.28. The molecular weight excluding hydrogens is 254 g/mol. The Morgan fingerprint density at radius 2 is 2.35 bits per heavy atom. The number of thiocarbonyl (C=S) groups is 1. The van der Waals surface area contributed by atoms with Crippen LogP contribution in [0.4, 0.5) is 5.13 Å². The summed E-state index contributed by atoms with van der Waals surface area (Å²) in [5.74, 6) is 0.835. The van der Waals surface area contributed by atoms with Crippen molar-refractivity contribution in [2.45, 2.75) is 6.92 Å². The molecule has 2 aromatic rings. The first-order valence-corrected chi connectivity index (χ1v) is 6.45. The zero-order valence-corrected chi connectivity index (χ0v) is 11.2. The summed E-state index contributed by atoms with van der Waals surface area (Å²) in [7, 11) is 1.65. The fourth-order valence-electron chi connectivity index (χ4n) is 1.39. The first-order chi connectivity index (χ1) is 8.22. The molecule has 0 saturated heterocycles. The van der Waals surface area contributed by atoms with Gasteiger partial charge >= 0.3 is 0 Å². The normalized spacial score (nSPS) is 10.2. The standard InChI is InChI=1S/C11H13N3OS2/c1-3-12-10(16)14-11-13-8-5-4-7(15-2)6-9(8)17-11/h4-6H,3H2,1-2H3,(H2,12,13,14,16). The second-order valence-electron chi connectivity index (χ2n) is 3.34. The van der Waals surface area contributed by atoms with Gasteiger partial charge in [0.25, 0.3) is 0 Å². The van der Waals surface area contributed by atoms with Crippen molar-refractivity contribution in [3.8, 4) is 5.75 Å². The number of nitrogens with one attached hydrogen (secondary N) is 2. The number of hydrogen-bond acceptors (Lipinski definition) is 4. The number of thiazole rings is 1. The van der Waals surface area contributed by atoms with Crippen LogP contribution < -0.4 is 15.4 Å². The lowest BCUT2D eigenvalue weighted by Gasteiger charge is -2.04. The fraction of sp³-hybridized carbons (Fsp3) is 0.273. The first kappa shape index (κ1) is 12.1. The lowest BCUT2D eigenvalue weighted by Crippen LogP contribution is -2.27. The van der Waals surface area contributed by atoms with Gasteiger partial charge in [-0.25, -0.2) is 4.98 Å². The molecule has 90 valence electrons. The third-order valence-corrected chi connectivity index (χ3v) is 3.33. The molecule has 0 atom stereocenters. The van der Waals surface area contributed by atoms with E-state index in [1.54, 1.807) is 18.4 Å². The van der Waals surface area contributed by atoms with Gasteiger partial charge in [-0.3, -0.25) is 0 Å². The SMILES string of the molecule is CCNC(=S)Nc1nc2ccc(OC)cc2s1. The van der Waals surface area contributed by atoms with Crippen molar-refractivity contribution >= 4 is 44.0 Å². The average molecular weight is 267 g/mol. The van der Waals surface area contributed by atoms with Gasteiger partial charge in [0.15, 0.2) is 10.2 Å². The molecule has 4 nitrogen and oxygen atoms in total. The molecule has 0 spiro atoms. The van der Waals surface area contributed by atoms with Gasteiger partial charge < -0.3 is 15.4 Å². The Bertz CT molecular complexity index is 538. The van der Waals surface area contributed by atoms with E-state index >= 15 is 0 Å². The molecule has 0 amide bonds. The largest absolute Gasteiger partial charge is 0.497 e. The van der Waals surface area contributed by atoms with Gasteiger partial charge in [0.2, 0.25) is 0 Å². The molecule has 17 heavy (non-hydrogen) atoms. The van der Waals surface area contributed by atoms with E-state index in [1.165, 1.54) is 0 Å². The van der Waals surface area contributed by atoms with E-state index in [4.69, 9.17) is 17.0 Å². The van der Waals surface area contributed by atoms with Crippen LogP contribution in [0.5, 0.6) is 5.75 Å². The molecular formula is C11H13N3OS2. The van der Waals surface area contributed by atoms with Gasteiger partial charge in [0, 0.05) is 6.54 Å². The van der Waals surface area contributed by atoms with Crippen LogP contribution >= 0.6 is 23.6 Å². The summed E-state index contributed by atoms with van der Waals surface area (Å²) in [5.41, 5.74) is 0.942. The van der Waals surface area contributed by atoms with Crippen LogP contribution in [0.3, 0.4) is 0 Å². The van der Waals surface area contributed by atoms with Gasteiger partial charge in [-0.15, -0.1) is 0 Å². The van der Waals surface area contributed by atoms with E-state index in [1.807, 2.05) is 25.1 Å². The molecule has 0 bridgehead atoms. The smallest absolute Gasteiger partial charge is 0.190 e. The third-order valence-electron chi connectivity index (χ3n) is 2.15. The highest BCUT2D eigenvalue weighted by atomic mass is 32.1. The number of nitrogens with zero attached hydrogens (tertiary/aromatic N) is 1. The summed E-state index contributed by atoms with van der Waals surface area (Å²) >= 11 is 6.66. The summed E-state index contributed by atoms with van der Waals surface area (Å²) in [4.78, 5) is 4.43. The summed E-state index contributed by atoms with van der Waals surface area (Å²) in [6, 6.07) is 5.80. The predicted octanol–water partition coefficient (Wildman–Crippen LogP) is 2.61. The molecule has 0 unspecified atom stereocenters. The number of methoxy groups -OCH3 is 1. The Kier molecular flexibility index (Phi) is 3.75. The summed E-state index contributed by atoms with van der Waals surface area (Å²) in [5, 5.41) is 7.47. The van der Waals surface area contributed by atoms with Crippen LogP contribution in [-0.2, 0) is 0 Å². The zero-order valence-electron chi connectivity index (χ0n) is 9.61. The van der Waals surface area contributed by atoms with Crippen molar-refractivity contribution in [2.75, 3.05) is 19.0 Å². The van der Waals surface area contributed by atoms with E-state index in [0.717, 1.165) is 27.6 Å². The predicted molar refractivity (Wildman–Crippen MR) is 76.1 cm³/mol. The van der Waals surface area contributed by atoms with Crippen molar-refractivity contribution < 1.29 is 4.74 Å². The molecule has 2 rings (SSSR count). The Morgan fingerprint density at radius 3 is 3.06 bits per heavy atom. The summed E-state index contributed by atoms with van der Waals surface area (Å²) in [6.45, 7) is 2.79. The molecule has 0 aliphatic rings. The van der Waals surface area contributed by atoms with Crippen LogP contribution in [0.15, 0.2) is 18.2 Å². The summed E-state index contributed by atoms with van der Waals surface area (Å²) < 4.78 is 6.25. The molecule has 0 saturated carbocycles. The molecule has 0 radical (unpaired) electrons.